The van der Waals surface area contributed by atoms with E-state index in [1.807, 2.05) is 116 Å². The van der Waals surface area contributed by atoms with E-state index in [1.165, 1.54) is 0 Å². The Balaban J connectivity index is 1.12. The number of hydrogen-bond acceptors (Lipinski definition) is 3. The number of carbonyl (C=O) groups excluding carboxylic acids is 1. The normalized spacial score (nSPS) is 11.1. The van der Waals surface area contributed by atoms with Crippen LogP contribution in [0.15, 0.2) is 193 Å². The average Bonchev–Trinajstić information content (AvgIpc) is 3.86. The van der Waals surface area contributed by atoms with Gasteiger partial charge in [-0.25, -0.2) is 5.43 Å². The number of hydrogen-bond donors (Lipinski definition) is 1. The number of nitrogens with zero attached hydrogens (tertiary/aromatic N) is 3. The molecule has 2 aromatic heterocycles. The number of benzene rings is 6. The summed E-state index contributed by atoms with van der Waals surface area (Å²) in [7, 11) is 0. The first kappa shape index (κ1) is 33.9. The van der Waals surface area contributed by atoms with Gasteiger partial charge in [0.25, 0.3) is 5.91 Å². The van der Waals surface area contributed by atoms with E-state index in [0.717, 1.165) is 67.7 Å². The predicted molar refractivity (Wildman–Crippen MR) is 220 cm³/mol. The molecular weight excluding hydrogens is 665 g/mol. The van der Waals surface area contributed by atoms with Gasteiger partial charge in [-0.3, -0.25) is 4.79 Å². The molecule has 8 aromatic rings. The molecular formula is C48H38N4O2. The van der Waals surface area contributed by atoms with E-state index >= 15 is 0 Å². The molecule has 262 valence electrons. The molecule has 0 spiro atoms. The van der Waals surface area contributed by atoms with E-state index < -0.39 is 0 Å². The highest BCUT2D eigenvalue weighted by Gasteiger charge is 2.19. The Labute approximate surface area is 315 Å². The lowest BCUT2D eigenvalue weighted by molar-refractivity contribution is 0.0955. The van der Waals surface area contributed by atoms with Gasteiger partial charge in [-0.1, -0.05) is 121 Å². The van der Waals surface area contributed by atoms with Crippen LogP contribution in [0.4, 0.5) is 0 Å². The summed E-state index contributed by atoms with van der Waals surface area (Å²) in [6, 6.07) is 63.3. The predicted octanol–water partition coefficient (Wildman–Crippen LogP) is 11.1. The molecule has 0 aliphatic heterocycles. The van der Waals surface area contributed by atoms with Gasteiger partial charge in [-0.05, 0) is 95.9 Å². The quantitative estimate of drug-likeness (QED) is 0.108. The van der Waals surface area contributed by atoms with Gasteiger partial charge in [0.15, 0.2) is 0 Å². The first-order chi connectivity index (χ1) is 26.7. The average molecular weight is 703 g/mol. The van der Waals surface area contributed by atoms with E-state index in [4.69, 9.17) is 4.74 Å². The van der Waals surface area contributed by atoms with Crippen molar-refractivity contribution < 1.29 is 9.53 Å². The molecule has 0 aliphatic carbocycles. The van der Waals surface area contributed by atoms with Crippen LogP contribution in [0.5, 0.6) is 5.75 Å². The number of nitrogens with one attached hydrogen (secondary N) is 1. The zero-order chi connectivity index (χ0) is 36.7. The van der Waals surface area contributed by atoms with Crippen LogP contribution in [-0.4, -0.2) is 27.9 Å². The summed E-state index contributed by atoms with van der Waals surface area (Å²) in [5, 5.41) is 4.50. The Bertz CT molecular complexity index is 2450. The number of carbonyl (C=O) groups is 1. The molecule has 6 nitrogen and oxygen atoms in total. The van der Waals surface area contributed by atoms with Crippen molar-refractivity contribution in [3.05, 3.63) is 199 Å². The Morgan fingerprint density at radius 2 is 1.02 bits per heavy atom. The monoisotopic (exact) mass is 702 g/mol. The van der Waals surface area contributed by atoms with Crippen LogP contribution in [0, 0.1) is 0 Å². The Morgan fingerprint density at radius 1 is 0.556 bits per heavy atom. The number of rotatable bonds is 11. The summed E-state index contributed by atoms with van der Waals surface area (Å²) in [6.45, 7) is 2.58. The van der Waals surface area contributed by atoms with Crippen molar-refractivity contribution in [1.29, 1.82) is 0 Å². The highest BCUT2D eigenvalue weighted by molar-refractivity contribution is 5.97. The SMILES string of the molecule is CCOc1ccc(-n2c(-c3ccccc3)cc(/C=N\NC(=O)c3ccc(-n4c(-c5ccccc5)ccc4-c4ccccc4)cc3)c2-c2ccccc2)cc1. The number of hydrazone groups is 1. The molecule has 0 bridgehead atoms. The fraction of sp³-hybridized carbons (Fsp3) is 0.0417. The molecule has 8 rings (SSSR count). The van der Waals surface area contributed by atoms with Crippen molar-refractivity contribution in [2.45, 2.75) is 6.92 Å². The molecule has 1 amide bonds. The highest BCUT2D eigenvalue weighted by atomic mass is 16.5. The lowest BCUT2D eigenvalue weighted by atomic mass is 10.1. The Morgan fingerprint density at radius 3 is 1.54 bits per heavy atom. The van der Waals surface area contributed by atoms with Crippen LogP contribution in [0.1, 0.15) is 22.8 Å². The lowest BCUT2D eigenvalue weighted by Gasteiger charge is -2.15. The molecule has 0 unspecified atom stereocenters. The van der Waals surface area contributed by atoms with Crippen molar-refractivity contribution in [2.24, 2.45) is 5.10 Å². The van der Waals surface area contributed by atoms with E-state index in [0.29, 0.717) is 12.2 Å². The van der Waals surface area contributed by atoms with Crippen molar-refractivity contribution in [3.8, 4) is 62.2 Å². The first-order valence-corrected chi connectivity index (χ1v) is 18.0. The van der Waals surface area contributed by atoms with Gasteiger partial charge >= 0.3 is 0 Å². The van der Waals surface area contributed by atoms with Gasteiger partial charge in [0.1, 0.15) is 5.75 Å². The molecule has 0 radical (unpaired) electrons. The Hall–Kier alpha value is -7.18. The van der Waals surface area contributed by atoms with Crippen molar-refractivity contribution >= 4 is 12.1 Å². The molecule has 54 heavy (non-hydrogen) atoms. The van der Waals surface area contributed by atoms with Gasteiger partial charge in [0.2, 0.25) is 0 Å². The van der Waals surface area contributed by atoms with Crippen molar-refractivity contribution in [3.63, 3.8) is 0 Å². The van der Waals surface area contributed by atoms with Crippen LogP contribution >= 0.6 is 0 Å². The fourth-order valence-electron chi connectivity index (χ4n) is 6.84. The number of ether oxygens (including phenoxy) is 1. The third kappa shape index (κ3) is 7.01. The summed E-state index contributed by atoms with van der Waals surface area (Å²) in [4.78, 5) is 13.5. The summed E-state index contributed by atoms with van der Waals surface area (Å²) >= 11 is 0. The first-order valence-electron chi connectivity index (χ1n) is 18.0. The minimum Gasteiger partial charge on any atom is -0.494 e. The van der Waals surface area contributed by atoms with E-state index in [1.54, 1.807) is 6.21 Å². The summed E-state index contributed by atoms with van der Waals surface area (Å²) in [5.74, 6) is 0.516. The largest absolute Gasteiger partial charge is 0.494 e. The van der Waals surface area contributed by atoms with Crippen molar-refractivity contribution in [2.75, 3.05) is 6.61 Å². The van der Waals surface area contributed by atoms with Crippen LogP contribution in [-0.2, 0) is 0 Å². The smallest absolute Gasteiger partial charge is 0.271 e. The molecule has 1 N–H and O–H groups in total. The third-order valence-corrected chi connectivity index (χ3v) is 9.33. The van der Waals surface area contributed by atoms with Gasteiger partial charge in [0.05, 0.1) is 35.6 Å². The second-order valence-corrected chi connectivity index (χ2v) is 12.7. The van der Waals surface area contributed by atoms with Gasteiger partial charge < -0.3 is 13.9 Å². The molecule has 0 aliphatic rings. The minimum absolute atomic E-state index is 0.299. The maximum atomic E-state index is 13.5. The molecule has 6 aromatic carbocycles. The van der Waals surface area contributed by atoms with E-state index in [9.17, 15) is 4.79 Å². The van der Waals surface area contributed by atoms with Crippen LogP contribution < -0.4 is 10.2 Å². The summed E-state index contributed by atoms with van der Waals surface area (Å²) in [6.07, 6.45) is 1.73. The summed E-state index contributed by atoms with van der Waals surface area (Å²) < 4.78 is 10.2. The minimum atomic E-state index is -0.299. The van der Waals surface area contributed by atoms with Crippen LogP contribution in [0.3, 0.4) is 0 Å². The lowest BCUT2D eigenvalue weighted by Crippen LogP contribution is -2.17. The maximum absolute atomic E-state index is 13.5. The number of amides is 1. The van der Waals surface area contributed by atoms with Gasteiger partial charge in [-0.2, -0.15) is 5.10 Å². The van der Waals surface area contributed by atoms with Gasteiger partial charge in [0, 0.05) is 22.5 Å². The van der Waals surface area contributed by atoms with E-state index in [2.05, 4.69) is 98.5 Å². The zero-order valence-electron chi connectivity index (χ0n) is 29.8. The molecule has 0 saturated carbocycles. The second-order valence-electron chi connectivity index (χ2n) is 12.7. The highest BCUT2D eigenvalue weighted by Crippen LogP contribution is 2.36. The molecule has 0 fully saturated rings. The van der Waals surface area contributed by atoms with Crippen molar-refractivity contribution in [1.82, 2.24) is 14.6 Å². The zero-order valence-corrected chi connectivity index (χ0v) is 29.8. The molecule has 0 atom stereocenters. The van der Waals surface area contributed by atoms with Crippen LogP contribution in [0.25, 0.3) is 56.4 Å². The standard InChI is InChI=1S/C48H38N4O2/c1-2-54-43-29-27-42(28-30-43)52-46(37-19-11-5-12-20-37)33-40(47(52)38-21-13-6-14-22-38)34-49-50-48(53)39-23-25-41(26-24-39)51-44(35-15-7-3-8-16-35)31-32-45(51)36-17-9-4-10-18-36/h3-34H,2H2,1H3,(H,50,53)/b49-34-. The topological polar surface area (TPSA) is 60.5 Å². The summed E-state index contributed by atoms with van der Waals surface area (Å²) in [5.41, 5.74) is 14.5. The second kappa shape index (κ2) is 15.6. The van der Waals surface area contributed by atoms with Crippen LogP contribution in [0.2, 0.25) is 0 Å². The maximum Gasteiger partial charge on any atom is 0.271 e. The molecule has 6 heteroatoms. The fourth-order valence-corrected chi connectivity index (χ4v) is 6.84. The molecule has 2 heterocycles. The Kier molecular flexibility index (Phi) is 9.80. The third-order valence-electron chi connectivity index (χ3n) is 9.33. The molecule has 0 saturated heterocycles. The number of aromatic nitrogens is 2. The van der Waals surface area contributed by atoms with E-state index in [-0.39, 0.29) is 5.91 Å². The van der Waals surface area contributed by atoms with Gasteiger partial charge in [-0.15, -0.1) is 0 Å².